The molecule has 0 aromatic rings. The molecule has 0 amide bonds. The third-order valence-electron chi connectivity index (χ3n) is 3.53. The number of hydrogen-bond acceptors (Lipinski definition) is 4. The Labute approximate surface area is 111 Å². The fraction of sp³-hybridized carbons (Fsp3) is 0.917. The molecular formula is C12H22BrNO3. The summed E-state index contributed by atoms with van der Waals surface area (Å²) < 4.78 is 4.63. The molecule has 100 valence electrons. The normalized spacial score (nSPS) is 20.9. The van der Waals surface area contributed by atoms with Gasteiger partial charge in [0.2, 0.25) is 0 Å². The van der Waals surface area contributed by atoms with E-state index in [1.54, 1.807) is 0 Å². The van der Waals surface area contributed by atoms with Gasteiger partial charge in [-0.3, -0.25) is 4.79 Å². The van der Waals surface area contributed by atoms with E-state index in [9.17, 15) is 9.90 Å². The maximum absolute atomic E-state index is 11.2. The van der Waals surface area contributed by atoms with Gasteiger partial charge in [0.25, 0.3) is 0 Å². The third-order valence-corrected chi connectivity index (χ3v) is 4.23. The van der Waals surface area contributed by atoms with Crippen molar-refractivity contribution < 1.29 is 14.6 Å². The van der Waals surface area contributed by atoms with Crippen molar-refractivity contribution in [3.05, 3.63) is 0 Å². The minimum Gasteiger partial charge on any atom is -0.468 e. The quantitative estimate of drug-likeness (QED) is 0.576. The van der Waals surface area contributed by atoms with Crippen LogP contribution in [0.5, 0.6) is 0 Å². The Morgan fingerprint density at radius 2 is 2.12 bits per heavy atom. The second kappa shape index (κ2) is 7.34. The van der Waals surface area contributed by atoms with Crippen molar-refractivity contribution in [2.75, 3.05) is 26.8 Å². The predicted octanol–water partition coefficient (Wildman–Crippen LogP) is 1.46. The molecule has 0 aliphatic heterocycles. The first-order valence-corrected chi connectivity index (χ1v) is 7.08. The fourth-order valence-corrected chi connectivity index (χ4v) is 2.78. The monoisotopic (exact) mass is 307 g/mol. The Hall–Kier alpha value is -0.130. The Bertz CT molecular complexity index is 242. The van der Waals surface area contributed by atoms with Crippen LogP contribution in [-0.2, 0) is 9.53 Å². The van der Waals surface area contributed by atoms with Crippen LogP contribution < -0.4 is 5.32 Å². The molecule has 1 rings (SSSR count). The maximum Gasteiger partial charge on any atom is 0.320 e. The minimum absolute atomic E-state index is 0.0150. The fourth-order valence-electron chi connectivity index (χ4n) is 2.37. The molecule has 1 atom stereocenters. The van der Waals surface area contributed by atoms with Crippen LogP contribution in [0.1, 0.15) is 32.1 Å². The molecule has 1 fully saturated rings. The number of ether oxygens (including phenoxy) is 1. The summed E-state index contributed by atoms with van der Waals surface area (Å²) in [6.45, 7) is 1.53. The van der Waals surface area contributed by atoms with Crippen LogP contribution in [-0.4, -0.2) is 42.7 Å². The van der Waals surface area contributed by atoms with Gasteiger partial charge in [0, 0.05) is 25.1 Å². The molecule has 17 heavy (non-hydrogen) atoms. The molecule has 1 saturated carbocycles. The second-order valence-corrected chi connectivity index (χ2v) is 5.95. The summed E-state index contributed by atoms with van der Waals surface area (Å²) in [7, 11) is 1.38. The number of rotatable bonds is 6. The lowest BCUT2D eigenvalue weighted by atomic mass is 9.74. The van der Waals surface area contributed by atoms with Crippen LogP contribution in [0, 0.1) is 5.41 Å². The topological polar surface area (TPSA) is 58.6 Å². The van der Waals surface area contributed by atoms with E-state index >= 15 is 0 Å². The van der Waals surface area contributed by atoms with Crippen LogP contribution in [0.3, 0.4) is 0 Å². The van der Waals surface area contributed by atoms with Gasteiger partial charge in [0.1, 0.15) is 4.83 Å². The van der Waals surface area contributed by atoms with Gasteiger partial charge in [-0.1, -0.05) is 35.2 Å². The molecule has 0 spiro atoms. The Morgan fingerprint density at radius 3 is 2.65 bits per heavy atom. The van der Waals surface area contributed by atoms with Crippen LogP contribution in [0.4, 0.5) is 0 Å². The van der Waals surface area contributed by atoms with Gasteiger partial charge in [-0.25, -0.2) is 0 Å². The minimum atomic E-state index is -0.313. The predicted molar refractivity (Wildman–Crippen MR) is 70.2 cm³/mol. The van der Waals surface area contributed by atoms with E-state index in [0.717, 1.165) is 19.4 Å². The molecule has 5 heteroatoms. The van der Waals surface area contributed by atoms with Gasteiger partial charge in [0.05, 0.1) is 7.11 Å². The molecule has 1 aliphatic rings. The number of alkyl halides is 1. The zero-order valence-electron chi connectivity index (χ0n) is 10.4. The highest BCUT2D eigenvalue weighted by Gasteiger charge is 2.31. The molecule has 2 N–H and O–H groups in total. The van der Waals surface area contributed by atoms with E-state index in [2.05, 4.69) is 26.0 Å². The summed E-state index contributed by atoms with van der Waals surface area (Å²) >= 11 is 3.27. The summed E-state index contributed by atoms with van der Waals surface area (Å²) in [5.74, 6) is -0.265. The highest BCUT2D eigenvalue weighted by Crippen LogP contribution is 2.35. The van der Waals surface area contributed by atoms with Crippen LogP contribution in [0.2, 0.25) is 0 Å². The van der Waals surface area contributed by atoms with Gasteiger partial charge in [-0.2, -0.15) is 0 Å². The van der Waals surface area contributed by atoms with Gasteiger partial charge in [-0.15, -0.1) is 0 Å². The van der Waals surface area contributed by atoms with Gasteiger partial charge >= 0.3 is 5.97 Å². The molecule has 1 unspecified atom stereocenters. The smallest absolute Gasteiger partial charge is 0.320 e. The van der Waals surface area contributed by atoms with Gasteiger partial charge in [0.15, 0.2) is 0 Å². The van der Waals surface area contributed by atoms with Crippen molar-refractivity contribution in [3.63, 3.8) is 0 Å². The number of methoxy groups -OCH3 is 1. The zero-order valence-corrected chi connectivity index (χ0v) is 12.0. The van der Waals surface area contributed by atoms with Crippen molar-refractivity contribution >= 4 is 21.9 Å². The van der Waals surface area contributed by atoms with Gasteiger partial charge < -0.3 is 15.2 Å². The first kappa shape index (κ1) is 14.9. The zero-order chi connectivity index (χ0) is 12.7. The van der Waals surface area contributed by atoms with Crippen molar-refractivity contribution in [1.29, 1.82) is 0 Å². The number of carbonyl (C=O) groups excluding carboxylic acids is 1. The lowest BCUT2D eigenvalue weighted by Gasteiger charge is -2.36. The molecule has 0 saturated heterocycles. The van der Waals surface area contributed by atoms with Crippen molar-refractivity contribution in [1.82, 2.24) is 5.32 Å². The molecule has 1 aliphatic carbocycles. The third kappa shape index (κ3) is 4.56. The van der Waals surface area contributed by atoms with E-state index in [0.29, 0.717) is 6.54 Å². The Kier molecular flexibility index (Phi) is 6.44. The van der Waals surface area contributed by atoms with E-state index < -0.39 is 0 Å². The van der Waals surface area contributed by atoms with E-state index in [4.69, 9.17) is 0 Å². The Morgan fingerprint density at radius 1 is 1.47 bits per heavy atom. The largest absolute Gasteiger partial charge is 0.468 e. The lowest BCUT2D eigenvalue weighted by molar-refractivity contribution is -0.139. The molecule has 0 aromatic heterocycles. The number of nitrogens with one attached hydrogen (secondary N) is 1. The molecule has 0 aromatic carbocycles. The van der Waals surface area contributed by atoms with E-state index in [-0.39, 0.29) is 22.8 Å². The molecule has 0 radical (unpaired) electrons. The summed E-state index contributed by atoms with van der Waals surface area (Å²) in [5.41, 5.74) is 0.0150. The highest BCUT2D eigenvalue weighted by atomic mass is 79.9. The van der Waals surface area contributed by atoms with Gasteiger partial charge in [-0.05, 0) is 12.8 Å². The van der Waals surface area contributed by atoms with Crippen molar-refractivity contribution in [2.45, 2.75) is 36.9 Å². The molecule has 0 bridgehead atoms. The van der Waals surface area contributed by atoms with Crippen molar-refractivity contribution in [2.24, 2.45) is 5.41 Å². The standard InChI is InChI=1S/C12H22BrNO3/c1-17-11(16)10(13)7-14-8-12(9-15)5-3-2-4-6-12/h10,14-15H,2-9H2,1H3. The van der Waals surface area contributed by atoms with Crippen molar-refractivity contribution in [3.8, 4) is 0 Å². The molecule has 4 nitrogen and oxygen atoms in total. The summed E-state index contributed by atoms with van der Waals surface area (Å²) in [6.07, 6.45) is 5.79. The number of aliphatic hydroxyl groups is 1. The Balaban J connectivity index is 2.30. The average Bonchev–Trinajstić information content (AvgIpc) is 2.38. The first-order valence-electron chi connectivity index (χ1n) is 6.17. The maximum atomic E-state index is 11.2. The lowest BCUT2D eigenvalue weighted by Crippen LogP contribution is -2.41. The van der Waals surface area contributed by atoms with E-state index in [1.165, 1.54) is 26.4 Å². The number of esters is 1. The molecular weight excluding hydrogens is 286 g/mol. The molecule has 0 heterocycles. The number of halogens is 1. The van der Waals surface area contributed by atoms with E-state index in [1.807, 2.05) is 0 Å². The summed E-state index contributed by atoms with van der Waals surface area (Å²) in [4.78, 5) is 10.9. The van der Waals surface area contributed by atoms with Crippen LogP contribution in [0.25, 0.3) is 0 Å². The SMILES string of the molecule is COC(=O)C(Br)CNCC1(CO)CCCCC1. The number of aliphatic hydroxyl groups excluding tert-OH is 1. The summed E-state index contributed by atoms with van der Waals surface area (Å²) in [5, 5.41) is 12.8. The summed E-state index contributed by atoms with van der Waals surface area (Å²) in [6, 6.07) is 0. The first-order chi connectivity index (χ1) is 8.13. The number of carbonyl (C=O) groups is 1. The average molecular weight is 308 g/mol. The number of hydrogen-bond donors (Lipinski definition) is 2. The second-order valence-electron chi connectivity index (χ2n) is 4.84. The van der Waals surface area contributed by atoms with Crippen LogP contribution in [0.15, 0.2) is 0 Å². The highest BCUT2D eigenvalue weighted by molar-refractivity contribution is 9.10. The van der Waals surface area contributed by atoms with Crippen LogP contribution >= 0.6 is 15.9 Å².